The van der Waals surface area contributed by atoms with Crippen LogP contribution in [-0.2, 0) is 0 Å². The molecule has 9 heteroatoms. The lowest BCUT2D eigenvalue weighted by Crippen LogP contribution is -2.43. The van der Waals surface area contributed by atoms with Gasteiger partial charge in [0, 0.05) is 25.2 Å². The van der Waals surface area contributed by atoms with E-state index in [0.29, 0.717) is 5.69 Å². The van der Waals surface area contributed by atoms with Crippen LogP contribution in [0.3, 0.4) is 0 Å². The van der Waals surface area contributed by atoms with Crippen LogP contribution in [0.5, 0.6) is 0 Å². The van der Waals surface area contributed by atoms with Crippen molar-refractivity contribution in [3.63, 3.8) is 0 Å². The number of hydrogen-bond acceptors (Lipinski definition) is 7. The first-order chi connectivity index (χ1) is 15.0. The number of pyridine rings is 2. The number of nitrogens with one attached hydrogen (secondary N) is 2. The molecule has 2 fully saturated rings. The molecule has 1 saturated carbocycles. The maximum absolute atomic E-state index is 14.7. The first-order valence-electron chi connectivity index (χ1n) is 11.0. The SMILES string of the molecule is NC(=O)c1cc(F)c(N[C@@H]2CCCC[C@@H]2N)nc1Nc1cncc(N2CCCCC2)c1. The Bertz CT molecular complexity index is 932. The van der Waals surface area contributed by atoms with E-state index in [9.17, 15) is 9.18 Å². The van der Waals surface area contributed by atoms with Crippen LogP contribution in [0.25, 0.3) is 0 Å². The molecule has 2 aliphatic rings. The number of halogens is 1. The molecule has 0 bridgehead atoms. The Kier molecular flexibility index (Phi) is 6.50. The normalized spacial score (nSPS) is 21.5. The van der Waals surface area contributed by atoms with Gasteiger partial charge in [-0.05, 0) is 44.2 Å². The minimum atomic E-state index is -0.755. The Morgan fingerprint density at radius 3 is 2.58 bits per heavy atom. The van der Waals surface area contributed by atoms with Crippen LogP contribution in [0.15, 0.2) is 24.5 Å². The van der Waals surface area contributed by atoms with Gasteiger partial charge < -0.3 is 27.0 Å². The number of nitrogens with two attached hydrogens (primary N) is 2. The summed E-state index contributed by atoms with van der Waals surface area (Å²) in [5.74, 6) is -1.12. The van der Waals surface area contributed by atoms with Crippen molar-refractivity contribution in [2.24, 2.45) is 11.5 Å². The van der Waals surface area contributed by atoms with Crippen molar-refractivity contribution in [3.05, 3.63) is 35.9 Å². The van der Waals surface area contributed by atoms with Crippen molar-refractivity contribution in [2.45, 2.75) is 57.0 Å². The summed E-state index contributed by atoms with van der Waals surface area (Å²) in [4.78, 5) is 22.9. The second kappa shape index (κ2) is 9.47. The second-order valence-electron chi connectivity index (χ2n) is 8.38. The van der Waals surface area contributed by atoms with E-state index in [1.165, 1.54) is 6.42 Å². The van der Waals surface area contributed by atoms with Gasteiger partial charge in [-0.15, -0.1) is 0 Å². The van der Waals surface area contributed by atoms with Crippen molar-refractivity contribution < 1.29 is 9.18 Å². The monoisotopic (exact) mass is 427 g/mol. The number of carbonyl (C=O) groups is 1. The fourth-order valence-corrected chi connectivity index (χ4v) is 4.35. The van der Waals surface area contributed by atoms with E-state index in [2.05, 4.69) is 25.5 Å². The van der Waals surface area contributed by atoms with E-state index in [0.717, 1.165) is 63.4 Å². The molecule has 1 aliphatic heterocycles. The molecule has 2 atom stereocenters. The van der Waals surface area contributed by atoms with Crippen molar-refractivity contribution in [3.8, 4) is 0 Å². The highest BCUT2D eigenvalue weighted by Crippen LogP contribution is 2.28. The number of hydrogen-bond donors (Lipinski definition) is 4. The molecule has 1 aliphatic carbocycles. The molecule has 2 aromatic heterocycles. The summed E-state index contributed by atoms with van der Waals surface area (Å²) < 4.78 is 14.7. The number of carbonyl (C=O) groups excluding carboxylic acids is 1. The van der Waals surface area contributed by atoms with Gasteiger partial charge >= 0.3 is 0 Å². The molecule has 4 rings (SSSR count). The zero-order chi connectivity index (χ0) is 21.8. The standard InChI is InChI=1S/C22H30FN7O/c23-17-11-16(20(25)31)21(29-22(17)28-19-7-3-2-6-18(19)24)27-14-10-15(13-26-12-14)30-8-4-1-5-9-30/h10-13,18-19H,1-9,24H2,(H2,25,31)(H2,27,28,29)/t18-,19+/m0/s1. The molecule has 8 nitrogen and oxygen atoms in total. The van der Waals surface area contributed by atoms with Crippen LogP contribution in [-0.4, -0.2) is 41.0 Å². The van der Waals surface area contributed by atoms with Crippen molar-refractivity contribution >= 4 is 28.9 Å². The maximum atomic E-state index is 14.7. The quantitative estimate of drug-likeness (QED) is 0.559. The molecule has 1 amide bonds. The average molecular weight is 428 g/mol. The van der Waals surface area contributed by atoms with Crippen LogP contribution in [0.4, 0.5) is 27.4 Å². The molecular weight excluding hydrogens is 397 g/mol. The summed E-state index contributed by atoms with van der Waals surface area (Å²) in [6.45, 7) is 1.98. The van der Waals surface area contributed by atoms with Gasteiger partial charge in [0.1, 0.15) is 5.82 Å². The lowest BCUT2D eigenvalue weighted by Gasteiger charge is -2.30. The average Bonchev–Trinajstić information content (AvgIpc) is 2.78. The van der Waals surface area contributed by atoms with Gasteiger partial charge in [0.05, 0.1) is 29.3 Å². The lowest BCUT2D eigenvalue weighted by atomic mass is 9.91. The fourth-order valence-electron chi connectivity index (χ4n) is 4.35. The van der Waals surface area contributed by atoms with Gasteiger partial charge in [-0.2, -0.15) is 0 Å². The van der Waals surface area contributed by atoms with Gasteiger partial charge in [0.15, 0.2) is 11.6 Å². The van der Waals surface area contributed by atoms with E-state index in [1.807, 2.05) is 12.3 Å². The van der Waals surface area contributed by atoms with E-state index in [4.69, 9.17) is 11.5 Å². The predicted octanol–water partition coefficient (Wildman–Crippen LogP) is 3.13. The molecule has 2 aromatic rings. The van der Waals surface area contributed by atoms with Crippen LogP contribution in [0, 0.1) is 5.82 Å². The predicted molar refractivity (Wildman–Crippen MR) is 120 cm³/mol. The topological polar surface area (TPSA) is 122 Å². The molecule has 31 heavy (non-hydrogen) atoms. The van der Waals surface area contributed by atoms with Gasteiger partial charge in [0.25, 0.3) is 5.91 Å². The Morgan fingerprint density at radius 1 is 1.06 bits per heavy atom. The minimum absolute atomic E-state index is 0.0145. The summed E-state index contributed by atoms with van der Waals surface area (Å²) >= 11 is 0. The van der Waals surface area contributed by atoms with Crippen molar-refractivity contribution in [1.82, 2.24) is 9.97 Å². The number of primary amides is 1. The van der Waals surface area contributed by atoms with Gasteiger partial charge in [0.2, 0.25) is 0 Å². The summed E-state index contributed by atoms with van der Waals surface area (Å²) in [6, 6.07) is 2.95. The van der Waals surface area contributed by atoms with Crippen molar-refractivity contribution in [2.75, 3.05) is 28.6 Å². The van der Waals surface area contributed by atoms with Crippen LogP contribution in [0.2, 0.25) is 0 Å². The first-order valence-corrected chi connectivity index (χ1v) is 11.0. The minimum Gasteiger partial charge on any atom is -0.370 e. The van der Waals surface area contributed by atoms with E-state index in [-0.39, 0.29) is 29.3 Å². The van der Waals surface area contributed by atoms with Gasteiger partial charge in [-0.25, -0.2) is 9.37 Å². The maximum Gasteiger partial charge on any atom is 0.252 e. The third-order valence-electron chi connectivity index (χ3n) is 6.09. The molecule has 0 spiro atoms. The van der Waals surface area contributed by atoms with Crippen LogP contribution >= 0.6 is 0 Å². The lowest BCUT2D eigenvalue weighted by molar-refractivity contribution is 0.100. The molecule has 0 aromatic carbocycles. The van der Waals surface area contributed by atoms with Crippen molar-refractivity contribution in [1.29, 1.82) is 0 Å². The van der Waals surface area contributed by atoms with E-state index < -0.39 is 11.7 Å². The Balaban J connectivity index is 1.60. The van der Waals surface area contributed by atoms with E-state index in [1.54, 1.807) is 6.20 Å². The number of rotatable bonds is 6. The summed E-state index contributed by atoms with van der Waals surface area (Å²) in [5, 5.41) is 6.24. The number of amides is 1. The highest BCUT2D eigenvalue weighted by Gasteiger charge is 2.24. The highest BCUT2D eigenvalue weighted by atomic mass is 19.1. The smallest absolute Gasteiger partial charge is 0.252 e. The molecule has 1 saturated heterocycles. The number of nitrogens with zero attached hydrogens (tertiary/aromatic N) is 3. The highest BCUT2D eigenvalue weighted by molar-refractivity contribution is 5.98. The Morgan fingerprint density at radius 2 is 1.84 bits per heavy atom. The largest absolute Gasteiger partial charge is 0.370 e. The van der Waals surface area contributed by atoms with Crippen LogP contribution < -0.4 is 27.0 Å². The van der Waals surface area contributed by atoms with E-state index >= 15 is 0 Å². The summed E-state index contributed by atoms with van der Waals surface area (Å²) in [7, 11) is 0. The van der Waals surface area contributed by atoms with Crippen LogP contribution in [0.1, 0.15) is 55.3 Å². The molecular formula is C22H30FN7O. The second-order valence-corrected chi connectivity index (χ2v) is 8.38. The molecule has 166 valence electrons. The number of piperidine rings is 1. The third-order valence-corrected chi connectivity index (χ3v) is 6.09. The molecule has 3 heterocycles. The molecule has 0 radical (unpaired) electrons. The van der Waals surface area contributed by atoms with Gasteiger partial charge in [-0.3, -0.25) is 9.78 Å². The summed E-state index contributed by atoms with van der Waals surface area (Å²) in [5.41, 5.74) is 13.3. The first kappa shape index (κ1) is 21.3. The number of anilines is 4. The molecule has 0 unspecified atom stereocenters. The zero-order valence-corrected chi connectivity index (χ0v) is 17.6. The summed E-state index contributed by atoms with van der Waals surface area (Å²) in [6.07, 6.45) is 10.9. The fraction of sp³-hybridized carbons (Fsp3) is 0.500. The Hall–Kier alpha value is -2.94. The number of aromatic nitrogens is 2. The Labute approximate surface area is 181 Å². The third kappa shape index (κ3) is 5.04. The van der Waals surface area contributed by atoms with Gasteiger partial charge in [-0.1, -0.05) is 12.8 Å². The zero-order valence-electron chi connectivity index (χ0n) is 17.6. The molecule has 6 N–H and O–H groups in total.